The van der Waals surface area contributed by atoms with Gasteiger partial charge in [0.1, 0.15) is 6.07 Å². The van der Waals surface area contributed by atoms with Gasteiger partial charge in [-0.3, -0.25) is 4.79 Å². The van der Waals surface area contributed by atoms with Gasteiger partial charge in [-0.1, -0.05) is 34.1 Å². The number of fused-ring (bicyclic) bond motifs is 1. The van der Waals surface area contributed by atoms with Gasteiger partial charge in [0, 0.05) is 15.1 Å². The van der Waals surface area contributed by atoms with Crippen molar-refractivity contribution < 1.29 is 4.79 Å². The lowest BCUT2D eigenvalue weighted by molar-refractivity contribution is -0.117. The van der Waals surface area contributed by atoms with Gasteiger partial charge in [0.15, 0.2) is 0 Å². The van der Waals surface area contributed by atoms with Gasteiger partial charge in [0.25, 0.3) is 0 Å². The molecule has 0 spiro atoms. The molecule has 0 radical (unpaired) electrons. The first-order valence-electron chi connectivity index (χ1n) is 6.41. The van der Waals surface area contributed by atoms with Gasteiger partial charge >= 0.3 is 0 Å². The zero-order valence-electron chi connectivity index (χ0n) is 11.0. The van der Waals surface area contributed by atoms with Crippen molar-refractivity contribution in [2.75, 3.05) is 11.1 Å². The van der Waals surface area contributed by atoms with Crippen molar-refractivity contribution in [2.45, 2.75) is 10.8 Å². The summed E-state index contributed by atoms with van der Waals surface area (Å²) < 4.78 is 0.831. The molecule has 3 rings (SSSR count). The fourth-order valence-corrected chi connectivity index (χ4v) is 3.91. The number of amides is 1. The van der Waals surface area contributed by atoms with Crippen molar-refractivity contribution in [2.24, 2.45) is 0 Å². The molecule has 0 fully saturated rings. The van der Waals surface area contributed by atoms with E-state index in [0.29, 0.717) is 11.3 Å². The fourth-order valence-electron chi connectivity index (χ4n) is 2.32. The van der Waals surface area contributed by atoms with E-state index >= 15 is 0 Å². The van der Waals surface area contributed by atoms with Gasteiger partial charge in [0.2, 0.25) is 5.91 Å². The minimum atomic E-state index is -0.170. The van der Waals surface area contributed by atoms with E-state index in [-0.39, 0.29) is 11.8 Å². The summed E-state index contributed by atoms with van der Waals surface area (Å²) >= 11 is 5.05. The maximum absolute atomic E-state index is 12.5. The van der Waals surface area contributed by atoms with Crippen molar-refractivity contribution in [1.82, 2.24) is 0 Å². The Morgan fingerprint density at radius 3 is 2.95 bits per heavy atom. The quantitative estimate of drug-likeness (QED) is 0.877. The molecule has 21 heavy (non-hydrogen) atoms. The van der Waals surface area contributed by atoms with Gasteiger partial charge in [-0.05, 0) is 29.8 Å². The van der Waals surface area contributed by atoms with Crippen LogP contribution < -0.4 is 5.32 Å². The van der Waals surface area contributed by atoms with E-state index in [1.807, 2.05) is 24.3 Å². The van der Waals surface area contributed by atoms with Crippen LogP contribution in [-0.4, -0.2) is 11.7 Å². The number of nitriles is 1. The molecule has 0 saturated heterocycles. The largest absolute Gasteiger partial charge is 0.324 e. The fraction of sp³-hybridized carbons (Fsp3) is 0.125. The van der Waals surface area contributed by atoms with Crippen molar-refractivity contribution in [3.63, 3.8) is 0 Å². The second-order valence-corrected chi connectivity index (χ2v) is 6.67. The smallest absolute Gasteiger partial charge is 0.232 e. The Morgan fingerprint density at radius 1 is 1.33 bits per heavy atom. The third-order valence-electron chi connectivity index (χ3n) is 3.38. The van der Waals surface area contributed by atoms with Crippen molar-refractivity contribution in [3.8, 4) is 6.07 Å². The highest BCUT2D eigenvalue weighted by molar-refractivity contribution is 9.10. The molecule has 1 aliphatic rings. The Morgan fingerprint density at radius 2 is 2.14 bits per heavy atom. The molecule has 1 N–H and O–H groups in total. The lowest BCUT2D eigenvalue weighted by atomic mass is 10.0. The third-order valence-corrected chi connectivity index (χ3v) is 5.05. The number of rotatable bonds is 2. The molecule has 3 nitrogen and oxygen atoms in total. The van der Waals surface area contributed by atoms with Gasteiger partial charge in [-0.15, -0.1) is 11.8 Å². The van der Waals surface area contributed by atoms with Gasteiger partial charge in [0.05, 0.1) is 17.2 Å². The highest BCUT2D eigenvalue weighted by Gasteiger charge is 2.29. The predicted octanol–water partition coefficient (Wildman–Crippen LogP) is 4.15. The van der Waals surface area contributed by atoms with Crippen molar-refractivity contribution in [3.05, 3.63) is 58.1 Å². The number of carbonyl (C=O) groups is 1. The van der Waals surface area contributed by atoms with Crippen LogP contribution in [0.15, 0.2) is 51.8 Å². The minimum absolute atomic E-state index is 0.0675. The summed E-state index contributed by atoms with van der Waals surface area (Å²) in [4.78, 5) is 13.7. The van der Waals surface area contributed by atoms with E-state index in [9.17, 15) is 4.79 Å². The van der Waals surface area contributed by atoms with E-state index in [4.69, 9.17) is 5.26 Å². The molecule has 0 aromatic heterocycles. The average molecular weight is 359 g/mol. The lowest BCUT2D eigenvalue weighted by Gasteiger charge is -2.13. The van der Waals surface area contributed by atoms with Crippen LogP contribution in [0.4, 0.5) is 5.69 Å². The number of halogens is 1. The Balaban J connectivity index is 1.86. The third kappa shape index (κ3) is 2.82. The predicted molar refractivity (Wildman–Crippen MR) is 87.4 cm³/mol. The maximum Gasteiger partial charge on any atom is 0.232 e. The molecule has 1 heterocycles. The molecule has 0 saturated carbocycles. The lowest BCUT2D eigenvalue weighted by Crippen LogP contribution is -2.21. The zero-order valence-corrected chi connectivity index (χ0v) is 13.4. The van der Waals surface area contributed by atoms with Crippen LogP contribution in [0.1, 0.15) is 17.0 Å². The monoisotopic (exact) mass is 358 g/mol. The number of hydrogen-bond acceptors (Lipinski definition) is 3. The first kappa shape index (κ1) is 14.2. The summed E-state index contributed by atoms with van der Waals surface area (Å²) in [6.07, 6.45) is 0. The molecule has 2 aromatic rings. The first-order valence-corrected chi connectivity index (χ1v) is 8.19. The summed E-state index contributed by atoms with van der Waals surface area (Å²) in [6.45, 7) is 0. The van der Waals surface area contributed by atoms with Crippen LogP contribution in [0.25, 0.3) is 0 Å². The van der Waals surface area contributed by atoms with Crippen LogP contribution >= 0.6 is 27.7 Å². The highest BCUT2D eigenvalue weighted by Crippen LogP contribution is 2.40. The molecule has 1 amide bonds. The molecular weight excluding hydrogens is 348 g/mol. The molecule has 0 bridgehead atoms. The summed E-state index contributed by atoms with van der Waals surface area (Å²) in [5.41, 5.74) is 2.07. The number of nitrogens with one attached hydrogen (secondary N) is 1. The Hall–Kier alpha value is -1.77. The molecule has 1 unspecified atom stereocenters. The number of benzene rings is 2. The summed E-state index contributed by atoms with van der Waals surface area (Å²) in [5, 5.41) is 12.0. The Labute approximate surface area is 135 Å². The normalized spacial score (nSPS) is 16.1. The minimum Gasteiger partial charge on any atom is -0.324 e. The summed E-state index contributed by atoms with van der Waals surface area (Å²) in [6, 6.07) is 15.3. The average Bonchev–Trinajstić information content (AvgIpc) is 2.91. The molecule has 2 aromatic carbocycles. The second kappa shape index (κ2) is 5.92. The first-order chi connectivity index (χ1) is 10.2. The van der Waals surface area contributed by atoms with E-state index in [0.717, 1.165) is 20.7 Å². The molecule has 0 aliphatic carbocycles. The maximum atomic E-state index is 12.5. The Kier molecular flexibility index (Phi) is 4.00. The summed E-state index contributed by atoms with van der Waals surface area (Å²) in [7, 11) is 0. The molecule has 104 valence electrons. The van der Waals surface area contributed by atoms with E-state index in [1.165, 1.54) is 0 Å². The van der Waals surface area contributed by atoms with E-state index in [2.05, 4.69) is 27.3 Å². The van der Waals surface area contributed by atoms with E-state index < -0.39 is 0 Å². The van der Waals surface area contributed by atoms with Crippen LogP contribution in [0, 0.1) is 11.3 Å². The SMILES string of the molecule is N#Cc1ccc(Br)cc1NC(=O)C1CSc2ccccc21. The van der Waals surface area contributed by atoms with Crippen molar-refractivity contribution >= 4 is 39.3 Å². The van der Waals surface area contributed by atoms with Crippen LogP contribution in [-0.2, 0) is 4.79 Å². The molecular formula is C16H11BrN2OS. The zero-order chi connectivity index (χ0) is 14.8. The van der Waals surface area contributed by atoms with Crippen LogP contribution in [0.3, 0.4) is 0 Å². The molecule has 1 atom stereocenters. The van der Waals surface area contributed by atoms with Gasteiger partial charge in [-0.2, -0.15) is 5.26 Å². The van der Waals surface area contributed by atoms with Gasteiger partial charge < -0.3 is 5.32 Å². The van der Waals surface area contributed by atoms with Crippen LogP contribution in [0.2, 0.25) is 0 Å². The van der Waals surface area contributed by atoms with Crippen LogP contribution in [0.5, 0.6) is 0 Å². The number of thioether (sulfide) groups is 1. The van der Waals surface area contributed by atoms with Crippen molar-refractivity contribution in [1.29, 1.82) is 5.26 Å². The molecule has 1 aliphatic heterocycles. The van der Waals surface area contributed by atoms with E-state index in [1.54, 1.807) is 30.0 Å². The topological polar surface area (TPSA) is 52.9 Å². The molecule has 5 heteroatoms. The van der Waals surface area contributed by atoms with Gasteiger partial charge in [-0.25, -0.2) is 0 Å². The summed E-state index contributed by atoms with van der Waals surface area (Å²) in [5.74, 6) is 0.500. The highest BCUT2D eigenvalue weighted by atomic mass is 79.9. The number of carbonyl (C=O) groups excluding carboxylic acids is 1. The number of hydrogen-bond donors (Lipinski definition) is 1. The Bertz CT molecular complexity index is 754. The number of anilines is 1. The standard InChI is InChI=1S/C16H11BrN2OS/c17-11-6-5-10(8-18)14(7-11)19-16(20)13-9-21-15-4-2-1-3-12(13)15/h1-7,13H,9H2,(H,19,20). The number of nitrogens with zero attached hydrogens (tertiary/aromatic N) is 1. The second-order valence-electron chi connectivity index (χ2n) is 4.69.